The maximum Gasteiger partial charge on any atom is 0.417 e. The fraction of sp³-hybridized carbons (Fsp3) is 0.0625. The summed E-state index contributed by atoms with van der Waals surface area (Å²) in [6.07, 6.45) is -4.49. The van der Waals surface area contributed by atoms with Crippen LogP contribution < -0.4 is 5.56 Å². The number of benzene rings is 2. The van der Waals surface area contributed by atoms with Gasteiger partial charge in [0.15, 0.2) is 0 Å². The van der Waals surface area contributed by atoms with Crippen molar-refractivity contribution in [2.24, 2.45) is 0 Å². The molecule has 0 spiro atoms. The topological polar surface area (TPSA) is 32.9 Å². The molecule has 0 atom stereocenters. The largest absolute Gasteiger partial charge is 0.417 e. The molecule has 0 aliphatic carbocycles. The van der Waals surface area contributed by atoms with Gasteiger partial charge in [-0.25, -0.2) is 0 Å². The first-order chi connectivity index (χ1) is 9.95. The monoisotopic (exact) mass is 289 g/mol. The molecule has 0 saturated heterocycles. The third kappa shape index (κ3) is 2.54. The molecule has 21 heavy (non-hydrogen) atoms. The third-order valence-corrected chi connectivity index (χ3v) is 3.25. The van der Waals surface area contributed by atoms with Crippen LogP contribution in [0.1, 0.15) is 5.56 Å². The first-order valence-corrected chi connectivity index (χ1v) is 6.25. The second-order valence-corrected chi connectivity index (χ2v) is 4.67. The van der Waals surface area contributed by atoms with Crippen LogP contribution in [0, 0.1) is 0 Å². The van der Waals surface area contributed by atoms with Crippen LogP contribution in [0.4, 0.5) is 13.2 Å². The molecule has 0 unspecified atom stereocenters. The van der Waals surface area contributed by atoms with Crippen LogP contribution in [0.5, 0.6) is 0 Å². The minimum absolute atomic E-state index is 0.0997. The molecule has 2 nitrogen and oxygen atoms in total. The Morgan fingerprint density at radius 2 is 1.62 bits per heavy atom. The van der Waals surface area contributed by atoms with E-state index < -0.39 is 17.3 Å². The average molecular weight is 289 g/mol. The van der Waals surface area contributed by atoms with Gasteiger partial charge in [0.2, 0.25) is 5.56 Å². The summed E-state index contributed by atoms with van der Waals surface area (Å²) in [5.74, 6) is 0. The van der Waals surface area contributed by atoms with Gasteiger partial charge in [-0.3, -0.25) is 4.79 Å². The van der Waals surface area contributed by atoms with Gasteiger partial charge in [-0.2, -0.15) is 13.2 Å². The second kappa shape index (κ2) is 4.77. The zero-order valence-corrected chi connectivity index (χ0v) is 10.7. The number of rotatable bonds is 1. The fourth-order valence-corrected chi connectivity index (χ4v) is 2.29. The standard InChI is InChI=1S/C16H10F3NO/c17-16(18,19)13-9-14-11(6-7-15(21)20-14)8-12(13)10-4-2-1-3-5-10/h1-9H,(H,20,21). The van der Waals surface area contributed by atoms with E-state index in [1.54, 1.807) is 30.3 Å². The summed E-state index contributed by atoms with van der Waals surface area (Å²) in [7, 11) is 0. The van der Waals surface area contributed by atoms with Gasteiger partial charge in [0.1, 0.15) is 0 Å². The Morgan fingerprint density at radius 1 is 0.905 bits per heavy atom. The van der Waals surface area contributed by atoms with Crippen LogP contribution in [-0.4, -0.2) is 4.98 Å². The van der Waals surface area contributed by atoms with Crippen LogP contribution in [0.15, 0.2) is 59.4 Å². The molecule has 5 heteroatoms. The molecule has 1 N–H and O–H groups in total. The number of aromatic nitrogens is 1. The Labute approximate surface area is 117 Å². The van der Waals surface area contributed by atoms with Gasteiger partial charge in [0.25, 0.3) is 0 Å². The number of alkyl halides is 3. The zero-order chi connectivity index (χ0) is 15.0. The molecule has 2 aromatic carbocycles. The van der Waals surface area contributed by atoms with Gasteiger partial charge in [0.05, 0.1) is 5.56 Å². The van der Waals surface area contributed by atoms with Crippen molar-refractivity contribution in [1.29, 1.82) is 0 Å². The smallest absolute Gasteiger partial charge is 0.322 e. The van der Waals surface area contributed by atoms with Crippen molar-refractivity contribution < 1.29 is 13.2 Å². The first-order valence-electron chi connectivity index (χ1n) is 6.25. The molecule has 0 fully saturated rings. The molecular formula is C16H10F3NO. The van der Waals surface area contributed by atoms with E-state index in [9.17, 15) is 18.0 Å². The maximum atomic E-state index is 13.3. The number of halogens is 3. The number of aromatic amines is 1. The highest BCUT2D eigenvalue weighted by Gasteiger charge is 2.34. The Hall–Kier alpha value is -2.56. The molecule has 1 heterocycles. The third-order valence-electron chi connectivity index (χ3n) is 3.25. The lowest BCUT2D eigenvalue weighted by atomic mass is 9.97. The first kappa shape index (κ1) is 13.4. The van der Waals surface area contributed by atoms with Crippen LogP contribution in [0.25, 0.3) is 22.0 Å². The van der Waals surface area contributed by atoms with Gasteiger partial charge in [0, 0.05) is 11.6 Å². The van der Waals surface area contributed by atoms with Crippen molar-refractivity contribution in [1.82, 2.24) is 4.98 Å². The highest BCUT2D eigenvalue weighted by atomic mass is 19.4. The summed E-state index contributed by atoms with van der Waals surface area (Å²) < 4.78 is 39.8. The lowest BCUT2D eigenvalue weighted by Crippen LogP contribution is -2.09. The predicted octanol–water partition coefficient (Wildman–Crippen LogP) is 4.21. The van der Waals surface area contributed by atoms with Gasteiger partial charge >= 0.3 is 6.18 Å². The number of pyridine rings is 1. The molecule has 0 aliphatic rings. The van der Waals surface area contributed by atoms with E-state index >= 15 is 0 Å². The quantitative estimate of drug-likeness (QED) is 0.715. The van der Waals surface area contributed by atoms with Gasteiger partial charge in [-0.05, 0) is 34.7 Å². The van der Waals surface area contributed by atoms with Gasteiger partial charge in [-0.1, -0.05) is 30.3 Å². The van der Waals surface area contributed by atoms with Crippen molar-refractivity contribution in [3.63, 3.8) is 0 Å². The van der Waals surface area contributed by atoms with E-state index in [0.717, 1.165) is 6.07 Å². The Balaban J connectivity index is 2.36. The average Bonchev–Trinajstić information content (AvgIpc) is 2.46. The molecular weight excluding hydrogens is 279 g/mol. The van der Waals surface area contributed by atoms with E-state index in [4.69, 9.17) is 0 Å². The summed E-state index contributed by atoms with van der Waals surface area (Å²) in [6, 6.07) is 13.6. The van der Waals surface area contributed by atoms with E-state index in [1.807, 2.05) is 0 Å². The van der Waals surface area contributed by atoms with Crippen LogP contribution >= 0.6 is 0 Å². The van der Waals surface area contributed by atoms with E-state index in [0.29, 0.717) is 10.9 Å². The molecule has 0 aliphatic heterocycles. The lowest BCUT2D eigenvalue weighted by Gasteiger charge is -2.14. The molecule has 0 amide bonds. The van der Waals surface area contributed by atoms with Gasteiger partial charge < -0.3 is 4.98 Å². The number of fused-ring (bicyclic) bond motifs is 1. The van der Waals surface area contributed by atoms with Crippen LogP contribution in [0.2, 0.25) is 0 Å². The van der Waals surface area contributed by atoms with Crippen molar-refractivity contribution in [3.05, 3.63) is 70.5 Å². The Morgan fingerprint density at radius 3 is 2.29 bits per heavy atom. The Kier molecular flexibility index (Phi) is 3.05. The minimum atomic E-state index is -4.49. The van der Waals surface area contributed by atoms with Crippen molar-refractivity contribution in [3.8, 4) is 11.1 Å². The summed E-state index contributed by atoms with van der Waals surface area (Å²) in [4.78, 5) is 13.7. The molecule has 3 rings (SSSR count). The molecule has 0 saturated carbocycles. The van der Waals surface area contributed by atoms with Crippen molar-refractivity contribution in [2.75, 3.05) is 0 Å². The van der Waals surface area contributed by atoms with Crippen LogP contribution in [-0.2, 0) is 6.18 Å². The van der Waals surface area contributed by atoms with E-state index in [-0.39, 0.29) is 11.1 Å². The maximum absolute atomic E-state index is 13.3. The molecule has 1 aromatic heterocycles. The molecule has 0 bridgehead atoms. The van der Waals surface area contributed by atoms with E-state index in [1.165, 1.54) is 18.2 Å². The highest BCUT2D eigenvalue weighted by Crippen LogP contribution is 2.38. The summed E-state index contributed by atoms with van der Waals surface area (Å²) in [5, 5.41) is 0.557. The summed E-state index contributed by atoms with van der Waals surface area (Å²) in [6.45, 7) is 0. The van der Waals surface area contributed by atoms with Crippen molar-refractivity contribution >= 4 is 10.9 Å². The molecule has 0 radical (unpaired) electrons. The molecule has 106 valence electrons. The SMILES string of the molecule is O=c1ccc2cc(-c3ccccc3)c(C(F)(F)F)cc2[nH]1. The zero-order valence-electron chi connectivity index (χ0n) is 10.7. The predicted molar refractivity (Wildman–Crippen MR) is 75.0 cm³/mol. The normalized spacial score (nSPS) is 11.8. The Bertz CT molecular complexity index is 851. The minimum Gasteiger partial charge on any atom is -0.322 e. The van der Waals surface area contributed by atoms with Crippen molar-refractivity contribution in [2.45, 2.75) is 6.18 Å². The highest BCUT2D eigenvalue weighted by molar-refractivity contribution is 5.86. The summed E-state index contributed by atoms with van der Waals surface area (Å²) in [5.41, 5.74) is -0.429. The van der Waals surface area contributed by atoms with E-state index in [2.05, 4.69) is 4.98 Å². The van der Waals surface area contributed by atoms with Gasteiger partial charge in [-0.15, -0.1) is 0 Å². The number of nitrogens with one attached hydrogen (secondary N) is 1. The lowest BCUT2D eigenvalue weighted by molar-refractivity contribution is -0.137. The number of H-pyrrole nitrogens is 1. The number of hydrogen-bond donors (Lipinski definition) is 1. The fourth-order valence-electron chi connectivity index (χ4n) is 2.29. The summed E-state index contributed by atoms with van der Waals surface area (Å²) >= 11 is 0. The van der Waals surface area contributed by atoms with Crippen LogP contribution in [0.3, 0.4) is 0 Å². The molecule has 3 aromatic rings. The number of hydrogen-bond acceptors (Lipinski definition) is 1. The second-order valence-electron chi connectivity index (χ2n) is 4.67.